The first-order chi connectivity index (χ1) is 21.2. The molecule has 2 atom stereocenters. The van der Waals surface area contributed by atoms with Crippen LogP contribution in [-0.2, 0) is 19.1 Å². The van der Waals surface area contributed by atoms with Crippen LogP contribution in [0.3, 0.4) is 0 Å². The van der Waals surface area contributed by atoms with E-state index in [0.717, 1.165) is 26.6 Å². The standard InChI is InChI=1S/C33H30N4O5S2/c1-33(2,3)42-32(40)36-25-29(38)37-26(31(39)41-27(20-10-6-4-7-11-20)21-12-8-5-9-13-21)23(19-43-30(25)37)24-18-35-28(44-24)22-14-16-34-17-15-22/h4-18,25,27,30H,19H2,1-3H3,(H,36,40). The molecular formula is C33H30N4O5S2. The highest BCUT2D eigenvalue weighted by Crippen LogP contribution is 2.46. The summed E-state index contributed by atoms with van der Waals surface area (Å²) in [6.07, 6.45) is 3.73. The molecule has 0 aliphatic carbocycles. The second kappa shape index (κ2) is 12.3. The van der Waals surface area contributed by atoms with E-state index < -0.39 is 41.1 Å². The number of carbonyl (C=O) groups excluding carboxylic acids is 3. The maximum absolute atomic E-state index is 14.2. The van der Waals surface area contributed by atoms with E-state index in [4.69, 9.17) is 9.47 Å². The van der Waals surface area contributed by atoms with Gasteiger partial charge < -0.3 is 14.8 Å². The van der Waals surface area contributed by atoms with Crippen molar-refractivity contribution in [2.75, 3.05) is 5.75 Å². The van der Waals surface area contributed by atoms with Crippen LogP contribution in [0.15, 0.2) is 97.1 Å². The van der Waals surface area contributed by atoms with Crippen LogP contribution in [0.1, 0.15) is 42.9 Å². The number of fused-ring (bicyclic) bond motifs is 1. The van der Waals surface area contributed by atoms with Crippen molar-refractivity contribution in [3.8, 4) is 10.6 Å². The molecule has 1 fully saturated rings. The Morgan fingerprint density at radius 2 is 1.61 bits per heavy atom. The van der Waals surface area contributed by atoms with E-state index in [-0.39, 0.29) is 5.70 Å². The molecular weight excluding hydrogens is 597 g/mol. The molecule has 2 amide bonds. The van der Waals surface area contributed by atoms with Crippen molar-refractivity contribution in [3.63, 3.8) is 0 Å². The number of nitrogens with one attached hydrogen (secondary N) is 1. The number of pyridine rings is 1. The number of nitrogens with zero attached hydrogens (tertiary/aromatic N) is 3. The minimum atomic E-state index is -0.841. The number of hydrogen-bond acceptors (Lipinski definition) is 9. The van der Waals surface area contributed by atoms with Gasteiger partial charge in [0.05, 0.1) is 4.88 Å². The molecule has 4 aromatic rings. The molecule has 44 heavy (non-hydrogen) atoms. The molecule has 1 saturated heterocycles. The Balaban J connectivity index is 1.36. The largest absolute Gasteiger partial charge is 0.448 e. The fourth-order valence-corrected chi connectivity index (χ4v) is 7.44. The van der Waals surface area contributed by atoms with Gasteiger partial charge in [0, 0.05) is 35.5 Å². The third-order valence-electron chi connectivity index (χ3n) is 6.99. The van der Waals surface area contributed by atoms with E-state index in [2.05, 4.69) is 15.3 Å². The van der Waals surface area contributed by atoms with Crippen molar-refractivity contribution < 1.29 is 23.9 Å². The third-order valence-corrected chi connectivity index (χ3v) is 9.38. The van der Waals surface area contributed by atoms with Crippen LogP contribution in [0, 0.1) is 0 Å². The number of benzene rings is 2. The number of amides is 2. The van der Waals surface area contributed by atoms with E-state index in [9.17, 15) is 14.4 Å². The van der Waals surface area contributed by atoms with Gasteiger partial charge in [-0.15, -0.1) is 23.1 Å². The lowest BCUT2D eigenvalue weighted by molar-refractivity contribution is -0.153. The SMILES string of the molecule is CC(C)(C)OC(=O)NC1C(=O)N2C(C(=O)OC(c3ccccc3)c3ccccc3)=C(c3cnc(-c4ccncc4)s3)CSC12. The third kappa shape index (κ3) is 6.11. The smallest absolute Gasteiger partial charge is 0.408 e. The van der Waals surface area contributed by atoms with Crippen molar-refractivity contribution in [2.45, 2.75) is 43.9 Å². The van der Waals surface area contributed by atoms with Crippen LogP contribution in [-0.4, -0.2) is 55.6 Å². The van der Waals surface area contributed by atoms with Gasteiger partial charge in [0.1, 0.15) is 27.7 Å². The van der Waals surface area contributed by atoms with E-state index in [1.165, 1.54) is 28.0 Å². The van der Waals surface area contributed by atoms with Gasteiger partial charge in [-0.3, -0.25) is 14.7 Å². The number of thiazole rings is 1. The lowest BCUT2D eigenvalue weighted by Gasteiger charge is -2.49. The van der Waals surface area contributed by atoms with Crippen molar-refractivity contribution in [1.82, 2.24) is 20.2 Å². The summed E-state index contributed by atoms with van der Waals surface area (Å²) >= 11 is 2.89. The average molecular weight is 627 g/mol. The number of aromatic nitrogens is 2. The number of β-lactam (4-membered cyclic amide) rings is 1. The molecule has 0 saturated carbocycles. The van der Waals surface area contributed by atoms with Gasteiger partial charge in [-0.25, -0.2) is 14.6 Å². The zero-order chi connectivity index (χ0) is 30.8. The second-order valence-corrected chi connectivity index (χ2v) is 13.4. The minimum Gasteiger partial charge on any atom is -0.448 e. The Morgan fingerprint density at radius 1 is 0.977 bits per heavy atom. The first-order valence-electron chi connectivity index (χ1n) is 14.0. The molecule has 0 radical (unpaired) electrons. The van der Waals surface area contributed by atoms with Gasteiger partial charge in [-0.2, -0.15) is 0 Å². The van der Waals surface area contributed by atoms with Crippen LogP contribution in [0.2, 0.25) is 0 Å². The van der Waals surface area contributed by atoms with E-state index in [0.29, 0.717) is 11.3 Å². The fraction of sp³-hybridized carbons (Fsp3) is 0.242. The second-order valence-electron chi connectivity index (χ2n) is 11.2. The number of ether oxygens (including phenoxy) is 2. The molecule has 2 aromatic carbocycles. The van der Waals surface area contributed by atoms with Crippen LogP contribution >= 0.6 is 23.1 Å². The molecule has 11 heteroatoms. The van der Waals surface area contributed by atoms with Crippen LogP contribution < -0.4 is 5.32 Å². The first kappa shape index (κ1) is 29.6. The van der Waals surface area contributed by atoms with Gasteiger partial charge in [0.2, 0.25) is 0 Å². The normalized spacial score (nSPS) is 18.0. The Morgan fingerprint density at radius 3 is 2.23 bits per heavy atom. The predicted octanol–water partition coefficient (Wildman–Crippen LogP) is 6.06. The molecule has 2 unspecified atom stereocenters. The summed E-state index contributed by atoms with van der Waals surface area (Å²) in [5.74, 6) is -0.636. The molecule has 2 aliphatic heterocycles. The van der Waals surface area contributed by atoms with Gasteiger partial charge >= 0.3 is 12.1 Å². The lowest BCUT2D eigenvalue weighted by atomic mass is 10.0. The van der Waals surface area contributed by atoms with Gasteiger partial charge in [-0.05, 0) is 44.0 Å². The van der Waals surface area contributed by atoms with E-state index in [1.807, 2.05) is 72.8 Å². The maximum atomic E-state index is 14.2. The van der Waals surface area contributed by atoms with Crippen LogP contribution in [0.25, 0.3) is 16.1 Å². The summed E-state index contributed by atoms with van der Waals surface area (Å²) in [5.41, 5.74) is 2.58. The van der Waals surface area contributed by atoms with Crippen molar-refractivity contribution >= 4 is 46.6 Å². The van der Waals surface area contributed by atoms with Crippen molar-refractivity contribution in [3.05, 3.63) is 113 Å². The van der Waals surface area contributed by atoms with Crippen molar-refractivity contribution in [2.24, 2.45) is 0 Å². The number of hydrogen-bond donors (Lipinski definition) is 1. The van der Waals surface area contributed by atoms with Gasteiger partial charge in [0.25, 0.3) is 5.91 Å². The number of alkyl carbamates (subject to hydrolysis) is 1. The van der Waals surface area contributed by atoms with Crippen molar-refractivity contribution in [1.29, 1.82) is 0 Å². The topological polar surface area (TPSA) is 111 Å². The molecule has 1 N–H and O–H groups in total. The van der Waals surface area contributed by atoms with Gasteiger partial charge in [-0.1, -0.05) is 60.7 Å². The number of carbonyl (C=O) groups is 3. The Bertz CT molecular complexity index is 1660. The summed E-state index contributed by atoms with van der Waals surface area (Å²) in [5, 5.41) is 2.96. The van der Waals surface area contributed by atoms with Crippen LogP contribution in [0.5, 0.6) is 0 Å². The Hall–Kier alpha value is -4.48. The Labute approximate surface area is 263 Å². The Kier molecular flexibility index (Phi) is 8.24. The van der Waals surface area contributed by atoms with Gasteiger partial charge in [0.15, 0.2) is 6.10 Å². The number of rotatable bonds is 7. The number of thioether (sulfide) groups is 1. The maximum Gasteiger partial charge on any atom is 0.408 e. The summed E-state index contributed by atoms with van der Waals surface area (Å²) in [6, 6.07) is 21.9. The average Bonchev–Trinajstić information content (AvgIpc) is 3.52. The summed E-state index contributed by atoms with van der Waals surface area (Å²) in [4.78, 5) is 51.3. The molecule has 2 aromatic heterocycles. The predicted molar refractivity (Wildman–Crippen MR) is 169 cm³/mol. The quantitative estimate of drug-likeness (QED) is 0.195. The first-order valence-corrected chi connectivity index (χ1v) is 15.9. The molecule has 224 valence electrons. The molecule has 4 heterocycles. The minimum absolute atomic E-state index is 0.155. The molecule has 6 rings (SSSR count). The fourth-order valence-electron chi connectivity index (χ4n) is 5.02. The lowest BCUT2D eigenvalue weighted by Crippen LogP contribution is -2.70. The van der Waals surface area contributed by atoms with E-state index in [1.54, 1.807) is 39.4 Å². The van der Waals surface area contributed by atoms with E-state index >= 15 is 0 Å². The molecule has 9 nitrogen and oxygen atoms in total. The summed E-state index contributed by atoms with van der Waals surface area (Å²) in [7, 11) is 0. The molecule has 2 aliphatic rings. The highest BCUT2D eigenvalue weighted by Gasteiger charge is 2.55. The van der Waals surface area contributed by atoms with Crippen LogP contribution in [0.4, 0.5) is 4.79 Å². The highest BCUT2D eigenvalue weighted by molar-refractivity contribution is 8.00. The summed E-state index contributed by atoms with van der Waals surface area (Å²) in [6.45, 7) is 5.27. The highest BCUT2D eigenvalue weighted by atomic mass is 32.2. The number of esters is 1. The zero-order valence-electron chi connectivity index (χ0n) is 24.3. The monoisotopic (exact) mass is 626 g/mol. The molecule has 0 bridgehead atoms. The zero-order valence-corrected chi connectivity index (χ0v) is 25.9. The molecule has 0 spiro atoms. The summed E-state index contributed by atoms with van der Waals surface area (Å²) < 4.78 is 11.6.